The van der Waals surface area contributed by atoms with E-state index in [2.05, 4.69) is 51.8 Å². The molecule has 11 heteroatoms. The number of aliphatic carboxylic acids is 1. The van der Waals surface area contributed by atoms with Gasteiger partial charge in [-0.05, 0) is 72.1 Å². The van der Waals surface area contributed by atoms with Gasteiger partial charge in [-0.1, -0.05) is 24.3 Å². The number of nitrogens with zero attached hydrogens (tertiary/aromatic N) is 5. The number of carbonyl (C=O) groups is 2. The van der Waals surface area contributed by atoms with Crippen LogP contribution in [0.3, 0.4) is 0 Å². The number of hydrogen-bond donors (Lipinski definition) is 2. The minimum atomic E-state index is -0.822. The normalized spacial score (nSPS) is 12.1. The van der Waals surface area contributed by atoms with E-state index in [0.717, 1.165) is 39.3 Å². The Morgan fingerprint density at radius 3 is 2.41 bits per heavy atom. The molecule has 0 saturated carbocycles. The third-order valence-corrected chi connectivity index (χ3v) is 6.15. The molecule has 0 radical (unpaired) electrons. The summed E-state index contributed by atoms with van der Waals surface area (Å²) in [5.41, 5.74) is 6.54. The standard InChI is InChI=1S/C25H19N5O3.C3H7NO2/c1-16-20(17-5-6-22-23(13-17)33-12-11-32-22)3-2-4-21(16)18-7-9-29-24(14-18)26-27-25(29)30-10-8-19(15-31)28-30;1-4-2-3(5)6/h2-10,13-15H,11-12H2,1H3;4H,2H2,1H3,(H,5,6). The monoisotopic (exact) mass is 526 g/mol. The number of fused-ring (bicyclic) bond motifs is 2. The maximum atomic E-state index is 11.0. The summed E-state index contributed by atoms with van der Waals surface area (Å²) < 4.78 is 14.8. The van der Waals surface area contributed by atoms with E-state index in [4.69, 9.17) is 14.6 Å². The molecule has 3 aromatic heterocycles. The summed E-state index contributed by atoms with van der Waals surface area (Å²) in [6, 6.07) is 18.0. The predicted octanol–water partition coefficient (Wildman–Crippen LogP) is 3.43. The SMILES string of the molecule is CNCC(=O)O.Cc1c(-c2ccc3c(c2)OCCO3)cccc1-c1ccn2c(-n3ccc(C=O)n3)nnc2c1. The minimum Gasteiger partial charge on any atom is -0.486 e. The summed E-state index contributed by atoms with van der Waals surface area (Å²) in [6.07, 6.45) is 4.31. The van der Waals surface area contributed by atoms with Gasteiger partial charge in [-0.15, -0.1) is 10.2 Å². The van der Waals surface area contributed by atoms with Crippen molar-refractivity contribution in [3.63, 3.8) is 0 Å². The molecule has 0 unspecified atom stereocenters. The lowest BCUT2D eigenvalue weighted by Gasteiger charge is -2.19. The lowest BCUT2D eigenvalue weighted by atomic mass is 9.93. The summed E-state index contributed by atoms with van der Waals surface area (Å²) >= 11 is 0. The molecule has 0 bridgehead atoms. The fourth-order valence-electron chi connectivity index (χ4n) is 4.34. The quantitative estimate of drug-likeness (QED) is 0.319. The fraction of sp³-hybridized carbons (Fsp3) is 0.179. The molecule has 1 aliphatic heterocycles. The number of nitrogens with one attached hydrogen (secondary N) is 1. The van der Waals surface area contributed by atoms with Crippen LogP contribution in [0, 0.1) is 6.92 Å². The van der Waals surface area contributed by atoms with Crippen molar-refractivity contribution >= 4 is 17.9 Å². The summed E-state index contributed by atoms with van der Waals surface area (Å²) in [4.78, 5) is 20.5. The lowest BCUT2D eigenvalue weighted by Crippen LogP contribution is -2.16. The molecular weight excluding hydrogens is 500 g/mol. The number of carbonyl (C=O) groups excluding carboxylic acids is 1. The van der Waals surface area contributed by atoms with Crippen LogP contribution in [0.15, 0.2) is 67.0 Å². The van der Waals surface area contributed by atoms with Crippen LogP contribution in [-0.4, -0.2) is 68.5 Å². The highest BCUT2D eigenvalue weighted by Gasteiger charge is 2.16. The van der Waals surface area contributed by atoms with Crippen LogP contribution in [0.1, 0.15) is 16.1 Å². The molecule has 11 nitrogen and oxygen atoms in total. The van der Waals surface area contributed by atoms with Crippen molar-refractivity contribution in [2.45, 2.75) is 6.92 Å². The number of ether oxygens (including phenoxy) is 2. The molecule has 0 fully saturated rings. The van der Waals surface area contributed by atoms with Gasteiger partial charge in [0.25, 0.3) is 5.95 Å². The number of likely N-dealkylation sites (N-methyl/N-ethyl adjacent to an activating group) is 1. The van der Waals surface area contributed by atoms with E-state index in [-0.39, 0.29) is 6.54 Å². The highest BCUT2D eigenvalue weighted by atomic mass is 16.6. The van der Waals surface area contributed by atoms with Gasteiger partial charge in [0, 0.05) is 12.4 Å². The van der Waals surface area contributed by atoms with Crippen LogP contribution in [0.4, 0.5) is 0 Å². The Kier molecular flexibility index (Phi) is 7.32. The first-order chi connectivity index (χ1) is 19.0. The van der Waals surface area contributed by atoms with Gasteiger partial charge >= 0.3 is 5.97 Å². The molecule has 6 rings (SSSR count). The van der Waals surface area contributed by atoms with E-state index in [0.29, 0.717) is 36.8 Å². The maximum absolute atomic E-state index is 11.0. The first-order valence-corrected chi connectivity index (χ1v) is 12.2. The molecule has 2 aromatic carbocycles. The summed E-state index contributed by atoms with van der Waals surface area (Å²) in [5, 5.41) is 23.1. The lowest BCUT2D eigenvalue weighted by molar-refractivity contribution is -0.135. The fourth-order valence-corrected chi connectivity index (χ4v) is 4.34. The second-order valence-electron chi connectivity index (χ2n) is 8.71. The summed E-state index contributed by atoms with van der Waals surface area (Å²) in [7, 11) is 1.59. The molecule has 0 aliphatic carbocycles. The zero-order valence-corrected chi connectivity index (χ0v) is 21.4. The van der Waals surface area contributed by atoms with E-state index >= 15 is 0 Å². The Balaban J connectivity index is 0.000000465. The molecule has 2 N–H and O–H groups in total. The van der Waals surface area contributed by atoms with E-state index in [9.17, 15) is 9.59 Å². The topological polar surface area (TPSA) is 133 Å². The molecule has 39 heavy (non-hydrogen) atoms. The molecule has 0 amide bonds. The third-order valence-electron chi connectivity index (χ3n) is 6.15. The molecule has 0 atom stereocenters. The number of carboxylic acid groups (broad SMARTS) is 1. The van der Waals surface area contributed by atoms with Crippen LogP contribution in [-0.2, 0) is 4.79 Å². The maximum Gasteiger partial charge on any atom is 0.317 e. The zero-order valence-electron chi connectivity index (χ0n) is 21.4. The number of aldehydes is 1. The van der Waals surface area contributed by atoms with Crippen molar-refractivity contribution in [3.05, 3.63) is 78.2 Å². The van der Waals surface area contributed by atoms with Crippen molar-refractivity contribution in [2.75, 3.05) is 26.8 Å². The Hall–Kier alpha value is -5.03. The average molecular weight is 527 g/mol. The zero-order chi connectivity index (χ0) is 27.4. The van der Waals surface area contributed by atoms with Crippen molar-refractivity contribution in [3.8, 4) is 39.7 Å². The first-order valence-electron chi connectivity index (χ1n) is 12.2. The molecule has 0 saturated heterocycles. The number of benzene rings is 2. The highest BCUT2D eigenvalue weighted by molar-refractivity contribution is 5.80. The number of carboxylic acids is 1. The smallest absolute Gasteiger partial charge is 0.317 e. The molecular formula is C28H26N6O5. The van der Waals surface area contributed by atoms with Crippen LogP contribution < -0.4 is 14.8 Å². The average Bonchev–Trinajstić information content (AvgIpc) is 3.60. The number of pyridine rings is 1. The summed E-state index contributed by atoms with van der Waals surface area (Å²) in [5.74, 6) is 1.26. The Labute approximate surface area is 223 Å². The van der Waals surface area contributed by atoms with Crippen molar-refractivity contribution < 1.29 is 24.2 Å². The number of hydrogen-bond acceptors (Lipinski definition) is 8. The summed E-state index contributed by atoms with van der Waals surface area (Å²) in [6.45, 7) is 3.29. The number of rotatable bonds is 6. The van der Waals surface area contributed by atoms with Crippen LogP contribution >= 0.6 is 0 Å². The first kappa shape index (κ1) is 25.6. The molecule has 4 heterocycles. The van der Waals surface area contributed by atoms with Gasteiger partial charge in [-0.3, -0.25) is 14.0 Å². The van der Waals surface area contributed by atoms with Gasteiger partial charge in [0.05, 0.1) is 6.54 Å². The van der Waals surface area contributed by atoms with Crippen LogP contribution in [0.25, 0.3) is 33.8 Å². The molecule has 198 valence electrons. The highest BCUT2D eigenvalue weighted by Crippen LogP contribution is 2.37. The van der Waals surface area contributed by atoms with Crippen LogP contribution in [0.2, 0.25) is 0 Å². The van der Waals surface area contributed by atoms with E-state index in [1.165, 1.54) is 4.68 Å². The van der Waals surface area contributed by atoms with E-state index in [1.807, 2.05) is 34.9 Å². The largest absolute Gasteiger partial charge is 0.486 e. The molecule has 5 aromatic rings. The number of aromatic nitrogens is 5. The van der Waals surface area contributed by atoms with Gasteiger partial charge in [-0.25, -0.2) is 4.68 Å². The Bertz CT molecular complexity index is 1660. The van der Waals surface area contributed by atoms with Crippen molar-refractivity contribution in [1.82, 2.24) is 29.7 Å². The van der Waals surface area contributed by atoms with E-state index in [1.54, 1.807) is 19.3 Å². The van der Waals surface area contributed by atoms with Crippen LogP contribution in [0.5, 0.6) is 11.5 Å². The van der Waals surface area contributed by atoms with Crippen molar-refractivity contribution in [2.24, 2.45) is 0 Å². The molecule has 0 spiro atoms. The van der Waals surface area contributed by atoms with Gasteiger partial charge in [-0.2, -0.15) is 5.10 Å². The second kappa shape index (κ2) is 11.2. The minimum absolute atomic E-state index is 0.0417. The third kappa shape index (κ3) is 5.34. The van der Waals surface area contributed by atoms with Gasteiger partial charge in [0.1, 0.15) is 18.9 Å². The van der Waals surface area contributed by atoms with Gasteiger partial charge < -0.3 is 19.9 Å². The Morgan fingerprint density at radius 1 is 1.00 bits per heavy atom. The second-order valence-corrected chi connectivity index (χ2v) is 8.71. The predicted molar refractivity (Wildman–Crippen MR) is 144 cm³/mol. The van der Waals surface area contributed by atoms with Crippen molar-refractivity contribution in [1.29, 1.82) is 0 Å². The van der Waals surface area contributed by atoms with Gasteiger partial charge in [0.15, 0.2) is 23.4 Å². The molecule has 1 aliphatic rings. The van der Waals surface area contributed by atoms with E-state index < -0.39 is 5.97 Å². The Morgan fingerprint density at radius 2 is 1.74 bits per heavy atom. The van der Waals surface area contributed by atoms with Gasteiger partial charge in [0.2, 0.25) is 0 Å².